The summed E-state index contributed by atoms with van der Waals surface area (Å²) in [6.45, 7) is 0.758. The molecule has 2 aliphatic rings. The van der Waals surface area contributed by atoms with Crippen molar-refractivity contribution in [2.75, 3.05) is 18.0 Å². The van der Waals surface area contributed by atoms with E-state index >= 15 is 0 Å². The third kappa shape index (κ3) is 6.28. The number of benzene rings is 4. The zero-order valence-corrected chi connectivity index (χ0v) is 28.8. The molecule has 4 aromatic carbocycles. The van der Waals surface area contributed by atoms with Gasteiger partial charge in [0.15, 0.2) is 5.69 Å². The van der Waals surface area contributed by atoms with Crippen molar-refractivity contribution in [2.45, 2.75) is 31.7 Å². The van der Waals surface area contributed by atoms with Crippen molar-refractivity contribution in [1.29, 1.82) is 0 Å². The monoisotopic (exact) mass is 765 g/mol. The van der Waals surface area contributed by atoms with Crippen LogP contribution in [0.5, 0.6) is 0 Å². The third-order valence-corrected chi connectivity index (χ3v) is 9.79. The molecule has 1 N–H and O–H groups in total. The number of nitro benzene ring substituents is 3. The number of fused-ring (bicyclic) bond motifs is 1. The minimum atomic E-state index is -1.02. The maximum Gasteiger partial charge on any atom is 0.300 e. The SMILES string of the molecule is O=C(c1cc([N+](=O)[O-])c(N2CCCCC2)c([N+](=O)[O-])c1)N1N=C(c2c(-c3ccccc3)c3cc(Br)ccc3[nH]c2=O)CC1c1cccc([N+](=O)[O-])c1. The molecule has 1 atom stereocenters. The van der Waals surface area contributed by atoms with Gasteiger partial charge in [-0.3, -0.25) is 39.9 Å². The van der Waals surface area contributed by atoms with Crippen LogP contribution in [0.15, 0.2) is 99.3 Å². The first-order chi connectivity index (χ1) is 25.0. The van der Waals surface area contributed by atoms with Crippen molar-refractivity contribution in [2.24, 2.45) is 5.10 Å². The van der Waals surface area contributed by atoms with Crippen LogP contribution in [0, 0.1) is 30.3 Å². The number of hydrazone groups is 1. The van der Waals surface area contributed by atoms with Gasteiger partial charge in [0.25, 0.3) is 28.5 Å². The molecule has 1 amide bonds. The number of rotatable bonds is 8. The van der Waals surface area contributed by atoms with E-state index in [4.69, 9.17) is 0 Å². The lowest BCUT2D eigenvalue weighted by molar-refractivity contribution is -0.392. The minimum absolute atomic E-state index is 0.0780. The highest BCUT2D eigenvalue weighted by molar-refractivity contribution is 9.10. The maximum absolute atomic E-state index is 14.5. The maximum atomic E-state index is 14.5. The molecule has 15 nitrogen and oxygen atoms in total. The predicted molar refractivity (Wildman–Crippen MR) is 197 cm³/mol. The Hall–Kier alpha value is -6.29. The fourth-order valence-corrected chi connectivity index (χ4v) is 7.34. The van der Waals surface area contributed by atoms with Crippen molar-refractivity contribution in [3.05, 3.63) is 147 Å². The molecular weight excluding hydrogens is 738 g/mol. The van der Waals surface area contributed by atoms with Crippen LogP contribution in [0.2, 0.25) is 0 Å². The molecule has 7 rings (SSSR count). The molecule has 1 aromatic heterocycles. The summed E-state index contributed by atoms with van der Waals surface area (Å²) in [5.74, 6) is -0.927. The van der Waals surface area contributed by atoms with Crippen LogP contribution in [0.4, 0.5) is 22.7 Å². The van der Waals surface area contributed by atoms with Gasteiger partial charge in [-0.15, -0.1) is 0 Å². The Bertz CT molecular complexity index is 2360. The number of carbonyl (C=O) groups excluding carboxylic acids is 1. The Kier molecular flexibility index (Phi) is 9.06. The standard InChI is InChI=1S/C36H28BrN7O8/c37-24-12-13-27-26(19-24)32(21-8-3-1-4-9-21)33(35(45)38-27)28-20-29(22-10-7-11-25(16-22)42(47)48)41(39-28)36(46)23-17-30(43(49)50)34(31(18-23)44(51)52)40-14-5-2-6-15-40/h1,3-4,7-13,16-19,29H,2,5-6,14-15,20H2,(H,38,45). The Morgan fingerprint density at radius 3 is 2.15 bits per heavy atom. The van der Waals surface area contributed by atoms with Gasteiger partial charge in [0.05, 0.1) is 37.7 Å². The van der Waals surface area contributed by atoms with Crippen molar-refractivity contribution >= 4 is 61.2 Å². The number of anilines is 1. The highest BCUT2D eigenvalue weighted by atomic mass is 79.9. The Morgan fingerprint density at radius 2 is 1.50 bits per heavy atom. The third-order valence-electron chi connectivity index (χ3n) is 9.29. The summed E-state index contributed by atoms with van der Waals surface area (Å²) in [6.07, 6.45) is 2.19. The molecule has 52 heavy (non-hydrogen) atoms. The molecule has 3 heterocycles. The van der Waals surface area contributed by atoms with Crippen LogP contribution in [0.1, 0.15) is 53.2 Å². The van der Waals surface area contributed by atoms with Gasteiger partial charge in [0.2, 0.25) is 0 Å². The minimum Gasteiger partial charge on any atom is -0.360 e. The normalized spacial score (nSPS) is 15.8. The molecule has 262 valence electrons. The Balaban J connectivity index is 1.44. The number of nitrogens with zero attached hydrogens (tertiary/aromatic N) is 6. The van der Waals surface area contributed by atoms with E-state index in [0.717, 1.165) is 28.0 Å². The van der Waals surface area contributed by atoms with Gasteiger partial charge in [0.1, 0.15) is 0 Å². The first kappa shape index (κ1) is 34.2. The number of pyridine rings is 1. The number of nitro groups is 3. The topological polar surface area (TPSA) is 198 Å². The summed E-state index contributed by atoms with van der Waals surface area (Å²) in [5.41, 5.74) is -0.119. The number of hydrogen-bond acceptors (Lipinski definition) is 10. The lowest BCUT2D eigenvalue weighted by atomic mass is 9.91. The predicted octanol–water partition coefficient (Wildman–Crippen LogP) is 7.66. The van der Waals surface area contributed by atoms with Gasteiger partial charge in [-0.2, -0.15) is 5.10 Å². The molecule has 0 spiro atoms. The fourth-order valence-electron chi connectivity index (χ4n) is 6.98. The van der Waals surface area contributed by atoms with E-state index in [1.165, 1.54) is 18.2 Å². The molecule has 16 heteroatoms. The lowest BCUT2D eigenvalue weighted by Gasteiger charge is -2.28. The highest BCUT2D eigenvalue weighted by Gasteiger charge is 2.39. The number of amides is 1. The average Bonchev–Trinajstić information content (AvgIpc) is 3.59. The number of halogens is 1. The molecule has 0 radical (unpaired) electrons. The number of nitrogens with one attached hydrogen (secondary N) is 1. The molecular formula is C36H28BrN7O8. The number of aromatic nitrogens is 1. The number of aromatic amines is 1. The van der Waals surface area contributed by atoms with Crippen LogP contribution < -0.4 is 10.5 Å². The second-order valence-corrected chi connectivity index (χ2v) is 13.4. The highest BCUT2D eigenvalue weighted by Crippen LogP contribution is 2.43. The molecule has 1 fully saturated rings. The zero-order chi connectivity index (χ0) is 36.7. The average molecular weight is 767 g/mol. The van der Waals surface area contributed by atoms with Gasteiger partial charge in [-0.05, 0) is 48.6 Å². The molecule has 0 saturated carbocycles. The fraction of sp³-hybridized carbons (Fsp3) is 0.194. The molecule has 1 unspecified atom stereocenters. The van der Waals surface area contributed by atoms with Gasteiger partial charge in [-0.25, -0.2) is 5.01 Å². The number of carbonyl (C=O) groups is 1. The van der Waals surface area contributed by atoms with Crippen LogP contribution in [0.3, 0.4) is 0 Å². The Morgan fingerprint density at radius 1 is 0.808 bits per heavy atom. The summed E-state index contributed by atoms with van der Waals surface area (Å²) >= 11 is 3.51. The van der Waals surface area contributed by atoms with E-state index in [1.807, 2.05) is 36.4 Å². The summed E-state index contributed by atoms with van der Waals surface area (Å²) in [5, 5.41) is 42.9. The summed E-state index contributed by atoms with van der Waals surface area (Å²) in [6, 6.07) is 21.1. The number of non-ortho nitro benzene ring substituents is 1. The van der Waals surface area contributed by atoms with E-state index in [2.05, 4.69) is 26.0 Å². The van der Waals surface area contributed by atoms with E-state index in [9.17, 15) is 39.9 Å². The molecule has 0 bridgehead atoms. The van der Waals surface area contributed by atoms with Crippen LogP contribution in [-0.2, 0) is 0 Å². The van der Waals surface area contributed by atoms with Crippen LogP contribution >= 0.6 is 15.9 Å². The van der Waals surface area contributed by atoms with Gasteiger partial charge in [-0.1, -0.05) is 58.4 Å². The molecule has 0 aliphatic carbocycles. The van der Waals surface area contributed by atoms with E-state index in [1.54, 1.807) is 23.1 Å². The largest absolute Gasteiger partial charge is 0.360 e. The number of H-pyrrole nitrogens is 1. The van der Waals surface area contributed by atoms with Crippen molar-refractivity contribution in [3.8, 4) is 11.1 Å². The lowest BCUT2D eigenvalue weighted by Crippen LogP contribution is -2.31. The molecule has 5 aromatic rings. The molecule has 2 aliphatic heterocycles. The van der Waals surface area contributed by atoms with Gasteiger partial charge in [0, 0.05) is 64.7 Å². The smallest absolute Gasteiger partial charge is 0.300 e. The van der Waals surface area contributed by atoms with Crippen molar-refractivity contribution < 1.29 is 19.6 Å². The first-order valence-corrected chi connectivity index (χ1v) is 17.1. The number of piperidine rings is 1. The van der Waals surface area contributed by atoms with Gasteiger partial charge >= 0.3 is 0 Å². The van der Waals surface area contributed by atoms with Crippen molar-refractivity contribution in [1.82, 2.24) is 9.99 Å². The summed E-state index contributed by atoms with van der Waals surface area (Å²) in [4.78, 5) is 67.4. The first-order valence-electron chi connectivity index (χ1n) is 16.3. The quantitative estimate of drug-likeness (QED) is 0.122. The van der Waals surface area contributed by atoms with Crippen LogP contribution in [0.25, 0.3) is 22.0 Å². The van der Waals surface area contributed by atoms with E-state index in [0.29, 0.717) is 53.5 Å². The van der Waals surface area contributed by atoms with Crippen molar-refractivity contribution in [3.63, 3.8) is 0 Å². The second-order valence-electron chi connectivity index (χ2n) is 12.5. The van der Waals surface area contributed by atoms with E-state index < -0.39 is 43.7 Å². The molecule has 1 saturated heterocycles. The Labute approximate surface area is 302 Å². The second kappa shape index (κ2) is 13.8. The van der Waals surface area contributed by atoms with E-state index in [-0.39, 0.29) is 34.6 Å². The summed E-state index contributed by atoms with van der Waals surface area (Å²) in [7, 11) is 0. The summed E-state index contributed by atoms with van der Waals surface area (Å²) < 4.78 is 0.742. The number of hydrogen-bond donors (Lipinski definition) is 1. The zero-order valence-electron chi connectivity index (χ0n) is 27.2. The van der Waals surface area contributed by atoms with Crippen LogP contribution in [-0.4, -0.2) is 49.5 Å². The van der Waals surface area contributed by atoms with Gasteiger partial charge < -0.3 is 9.88 Å².